The molecule has 0 aromatic rings. The van der Waals surface area contributed by atoms with Crippen LogP contribution in [0, 0.1) is 11.8 Å². The van der Waals surface area contributed by atoms with Crippen molar-refractivity contribution in [1.82, 2.24) is 0 Å². The van der Waals surface area contributed by atoms with E-state index in [1.807, 2.05) is 0 Å². The highest BCUT2D eigenvalue weighted by Crippen LogP contribution is 2.45. The molecule has 0 aliphatic carbocycles. The van der Waals surface area contributed by atoms with Crippen molar-refractivity contribution >= 4 is 39.5 Å². The fourth-order valence-corrected chi connectivity index (χ4v) is 13.1. The third-order valence-corrected chi connectivity index (χ3v) is 19.4. The molecule has 5 atom stereocenters. The van der Waals surface area contributed by atoms with E-state index in [4.69, 9.17) is 37.0 Å². The molecule has 0 aromatic carbocycles. The van der Waals surface area contributed by atoms with Crippen LogP contribution in [0.25, 0.3) is 0 Å². The predicted molar refractivity (Wildman–Crippen MR) is 381 cm³/mol. The Bertz CT molecular complexity index is 1820. The first-order valence-corrected chi connectivity index (χ1v) is 42.0. The number of aliphatic hydroxyl groups is 1. The number of ether oxygens (including phenoxy) is 4. The first-order valence-electron chi connectivity index (χ1n) is 39.0. The number of hydrogen-bond acceptors (Lipinski definition) is 15. The van der Waals surface area contributed by atoms with Crippen LogP contribution in [0.3, 0.4) is 0 Å². The van der Waals surface area contributed by atoms with Crippen molar-refractivity contribution in [3.8, 4) is 0 Å². The Labute approximate surface area is 575 Å². The molecule has 0 aliphatic rings. The van der Waals surface area contributed by atoms with Gasteiger partial charge in [-0.05, 0) is 37.5 Å². The minimum absolute atomic E-state index is 0.105. The largest absolute Gasteiger partial charge is 0.472 e. The zero-order valence-corrected chi connectivity index (χ0v) is 63.1. The second kappa shape index (κ2) is 66.9. The molecule has 0 aliphatic heterocycles. The first-order chi connectivity index (χ1) is 45.4. The molecular weight excluding hydrogens is 1230 g/mol. The summed E-state index contributed by atoms with van der Waals surface area (Å²) in [5.41, 5.74) is 0. The van der Waals surface area contributed by atoms with Gasteiger partial charge in [0, 0.05) is 25.7 Å². The third kappa shape index (κ3) is 68.6. The highest BCUT2D eigenvalue weighted by molar-refractivity contribution is 7.47. The first kappa shape index (κ1) is 92.1. The molecule has 0 saturated heterocycles. The molecule has 3 N–H and O–H groups in total. The van der Waals surface area contributed by atoms with Gasteiger partial charge in [-0.1, -0.05) is 337 Å². The number of phosphoric acid groups is 2. The lowest BCUT2D eigenvalue weighted by molar-refractivity contribution is -0.161. The van der Waals surface area contributed by atoms with Gasteiger partial charge in [0.25, 0.3) is 0 Å². The summed E-state index contributed by atoms with van der Waals surface area (Å²) < 4.78 is 68.2. The predicted octanol–water partition coefficient (Wildman–Crippen LogP) is 21.9. The van der Waals surface area contributed by atoms with E-state index in [9.17, 15) is 43.2 Å². The van der Waals surface area contributed by atoms with Crippen molar-refractivity contribution in [2.75, 3.05) is 39.6 Å². The lowest BCUT2D eigenvalue weighted by Gasteiger charge is -2.21. The van der Waals surface area contributed by atoms with Crippen LogP contribution in [-0.2, 0) is 65.4 Å². The molecule has 558 valence electrons. The van der Waals surface area contributed by atoms with Gasteiger partial charge in [-0.25, -0.2) is 9.13 Å². The van der Waals surface area contributed by atoms with E-state index in [0.717, 1.165) is 108 Å². The zero-order chi connectivity index (χ0) is 69.3. The summed E-state index contributed by atoms with van der Waals surface area (Å²) >= 11 is 0. The number of carbonyl (C=O) groups is 4. The Morgan fingerprint density at radius 2 is 0.489 bits per heavy atom. The van der Waals surface area contributed by atoms with Gasteiger partial charge in [-0.2, -0.15) is 0 Å². The molecule has 0 fully saturated rings. The Morgan fingerprint density at radius 3 is 0.723 bits per heavy atom. The molecular formula is C75H146O17P2. The number of hydrogen-bond donors (Lipinski definition) is 3. The lowest BCUT2D eigenvalue weighted by Crippen LogP contribution is -2.30. The Morgan fingerprint density at radius 1 is 0.287 bits per heavy atom. The summed E-state index contributed by atoms with van der Waals surface area (Å²) in [5.74, 6) is -0.498. The molecule has 0 amide bonds. The van der Waals surface area contributed by atoms with Gasteiger partial charge in [0.1, 0.15) is 19.3 Å². The van der Waals surface area contributed by atoms with Crippen LogP contribution in [0.1, 0.15) is 388 Å². The summed E-state index contributed by atoms with van der Waals surface area (Å²) in [4.78, 5) is 72.4. The highest BCUT2D eigenvalue weighted by atomic mass is 31.2. The topological polar surface area (TPSA) is 237 Å². The fraction of sp³-hybridized carbons (Fsp3) is 0.947. The number of rotatable bonds is 74. The minimum Gasteiger partial charge on any atom is -0.462 e. The Hall–Kier alpha value is -1.94. The van der Waals surface area contributed by atoms with E-state index in [0.29, 0.717) is 25.7 Å². The van der Waals surface area contributed by atoms with Gasteiger partial charge in [0.05, 0.1) is 26.4 Å². The van der Waals surface area contributed by atoms with E-state index in [1.54, 1.807) is 0 Å². The average Bonchev–Trinajstić information content (AvgIpc) is 1.81. The SMILES string of the molecule is CCCCCCCCCCCC(=O)O[C@H](COC(=O)CCCCCCC)COP(=O)(O)OC[C@H](O)COP(=O)(O)OC[C@@H](COC(=O)CCCCCCCCCCCCCCCCCCC(C)C)OC(=O)CCCCCCCCCCCCCCCCCCCCC(C)C. The molecule has 0 spiro atoms. The maximum atomic E-state index is 13.1. The van der Waals surface area contributed by atoms with Gasteiger partial charge in [0.15, 0.2) is 12.2 Å². The van der Waals surface area contributed by atoms with E-state index < -0.39 is 97.5 Å². The molecule has 0 rings (SSSR count). The van der Waals surface area contributed by atoms with Crippen molar-refractivity contribution in [3.63, 3.8) is 0 Å². The van der Waals surface area contributed by atoms with Crippen molar-refractivity contribution in [3.05, 3.63) is 0 Å². The summed E-state index contributed by atoms with van der Waals surface area (Å²) in [5, 5.41) is 10.6. The molecule has 17 nitrogen and oxygen atoms in total. The van der Waals surface area contributed by atoms with Crippen LogP contribution >= 0.6 is 15.6 Å². The highest BCUT2D eigenvalue weighted by Gasteiger charge is 2.30. The summed E-state index contributed by atoms with van der Waals surface area (Å²) in [6.45, 7) is 9.54. The van der Waals surface area contributed by atoms with Crippen LogP contribution < -0.4 is 0 Å². The van der Waals surface area contributed by atoms with Crippen molar-refractivity contribution in [1.29, 1.82) is 0 Å². The normalized spacial score (nSPS) is 14.0. The molecule has 0 saturated carbocycles. The summed E-state index contributed by atoms with van der Waals surface area (Å²) in [6.07, 6.45) is 54.7. The second-order valence-electron chi connectivity index (χ2n) is 28.0. The van der Waals surface area contributed by atoms with Crippen molar-refractivity contribution in [2.45, 2.75) is 407 Å². The molecule has 19 heteroatoms. The van der Waals surface area contributed by atoms with Gasteiger partial charge >= 0.3 is 39.5 Å². The maximum Gasteiger partial charge on any atom is 0.472 e. The van der Waals surface area contributed by atoms with Crippen molar-refractivity contribution < 1.29 is 80.2 Å². The Kier molecular flexibility index (Phi) is 65.5. The number of phosphoric ester groups is 2. The number of aliphatic hydroxyl groups excluding tert-OH is 1. The molecule has 0 radical (unpaired) electrons. The van der Waals surface area contributed by atoms with E-state index in [1.165, 1.54) is 199 Å². The summed E-state index contributed by atoms with van der Waals surface area (Å²) in [7, 11) is -9.89. The Balaban J connectivity index is 5.09. The monoisotopic (exact) mass is 1380 g/mol. The van der Waals surface area contributed by atoms with Gasteiger partial charge in [-0.15, -0.1) is 0 Å². The van der Waals surface area contributed by atoms with E-state index in [-0.39, 0.29) is 25.7 Å². The van der Waals surface area contributed by atoms with Gasteiger partial charge in [-0.3, -0.25) is 37.3 Å². The standard InChI is InChI=1S/C75H146O17P2/c1-7-9-11-13-14-33-41-47-53-59-74(79)91-70(63-85-72(77)57-51-43-12-10-8-2)65-89-93(81,82)87-61-69(76)62-88-94(83,84)90-66-71(64-86-73(78)58-52-46-40-36-31-27-23-20-19-22-26-30-35-39-45-50-56-68(5)6)92-75(80)60-54-48-42-37-32-28-24-18-16-15-17-21-25-29-34-38-44-49-55-67(3)4/h67-71,76H,7-66H2,1-6H3,(H,81,82)(H,83,84)/t69-,70+,71+/m0/s1. The smallest absolute Gasteiger partial charge is 0.462 e. The van der Waals surface area contributed by atoms with Crippen molar-refractivity contribution in [2.24, 2.45) is 11.8 Å². The molecule has 94 heavy (non-hydrogen) atoms. The van der Waals surface area contributed by atoms with E-state index >= 15 is 0 Å². The quantitative estimate of drug-likeness (QED) is 0.0222. The fourth-order valence-electron chi connectivity index (χ4n) is 11.5. The second-order valence-corrected chi connectivity index (χ2v) is 30.9. The molecule has 0 heterocycles. The summed E-state index contributed by atoms with van der Waals surface area (Å²) in [6, 6.07) is 0. The van der Waals surface area contributed by atoms with E-state index in [2.05, 4.69) is 41.5 Å². The third-order valence-electron chi connectivity index (χ3n) is 17.5. The number of carbonyl (C=O) groups excluding carboxylic acids is 4. The van der Waals surface area contributed by atoms with Crippen LogP contribution in [0.15, 0.2) is 0 Å². The molecule has 2 unspecified atom stereocenters. The zero-order valence-electron chi connectivity index (χ0n) is 61.3. The molecule has 0 bridgehead atoms. The van der Waals surface area contributed by atoms with Crippen LogP contribution in [0.2, 0.25) is 0 Å². The van der Waals surface area contributed by atoms with Gasteiger partial charge < -0.3 is 33.8 Å². The molecule has 0 aromatic heterocycles. The van der Waals surface area contributed by atoms with Crippen LogP contribution in [0.4, 0.5) is 0 Å². The number of esters is 4. The lowest BCUT2D eigenvalue weighted by atomic mass is 10.0. The van der Waals surface area contributed by atoms with Gasteiger partial charge in [0.2, 0.25) is 0 Å². The number of unbranched alkanes of at least 4 members (excludes halogenated alkanes) is 44. The van der Waals surface area contributed by atoms with Crippen LogP contribution in [-0.4, -0.2) is 96.7 Å². The minimum atomic E-state index is -4.95. The maximum absolute atomic E-state index is 13.1. The average molecular weight is 1380 g/mol. The van der Waals surface area contributed by atoms with Crippen LogP contribution in [0.5, 0.6) is 0 Å².